The number of rotatable bonds is 1. The summed E-state index contributed by atoms with van der Waals surface area (Å²) in [5.41, 5.74) is 0.182. The number of aliphatic hydroxyl groups excluding tert-OH is 1. The molecule has 0 aliphatic carbocycles. The van der Waals surface area contributed by atoms with Gasteiger partial charge in [0.1, 0.15) is 0 Å². The average molecular weight is 196 g/mol. The van der Waals surface area contributed by atoms with Gasteiger partial charge in [0.15, 0.2) is 5.82 Å². The van der Waals surface area contributed by atoms with Gasteiger partial charge in [0, 0.05) is 6.20 Å². The Morgan fingerprint density at radius 3 is 3.00 bits per heavy atom. The molecular formula is C9H9FN2O2. The Kier molecular flexibility index (Phi) is 2.17. The first-order valence-corrected chi connectivity index (χ1v) is 4.26. The van der Waals surface area contributed by atoms with E-state index in [-0.39, 0.29) is 24.6 Å². The molecule has 1 fully saturated rings. The molecule has 2 rings (SSSR count). The van der Waals surface area contributed by atoms with Gasteiger partial charge in [-0.05, 0) is 6.07 Å². The molecule has 0 aromatic carbocycles. The fourth-order valence-corrected chi connectivity index (χ4v) is 1.51. The average Bonchev–Trinajstić information content (AvgIpc) is 2.46. The van der Waals surface area contributed by atoms with Gasteiger partial charge in [0.2, 0.25) is 5.91 Å². The highest BCUT2D eigenvalue weighted by atomic mass is 19.1. The van der Waals surface area contributed by atoms with Crippen LogP contribution < -0.4 is 4.90 Å². The number of hydrogen-bond acceptors (Lipinski definition) is 3. The minimum Gasteiger partial charge on any atom is -0.391 e. The van der Waals surface area contributed by atoms with Crippen molar-refractivity contribution in [3.05, 3.63) is 24.3 Å². The molecule has 1 aromatic rings. The quantitative estimate of drug-likeness (QED) is 0.703. The van der Waals surface area contributed by atoms with Gasteiger partial charge in [-0.3, -0.25) is 9.78 Å². The molecule has 1 atom stereocenters. The Labute approximate surface area is 80.0 Å². The first-order chi connectivity index (χ1) is 6.68. The van der Waals surface area contributed by atoms with E-state index in [2.05, 4.69) is 4.98 Å². The summed E-state index contributed by atoms with van der Waals surface area (Å²) in [5.74, 6) is -0.808. The summed E-state index contributed by atoms with van der Waals surface area (Å²) < 4.78 is 13.2. The van der Waals surface area contributed by atoms with Crippen molar-refractivity contribution in [1.29, 1.82) is 0 Å². The van der Waals surface area contributed by atoms with Gasteiger partial charge in [0.25, 0.3) is 0 Å². The Balaban J connectivity index is 2.32. The van der Waals surface area contributed by atoms with E-state index in [1.165, 1.54) is 17.2 Å². The maximum Gasteiger partial charge on any atom is 0.229 e. The summed E-state index contributed by atoms with van der Waals surface area (Å²) in [6.45, 7) is 0.153. The molecule has 2 heterocycles. The van der Waals surface area contributed by atoms with E-state index < -0.39 is 11.9 Å². The molecule has 1 aromatic heterocycles. The van der Waals surface area contributed by atoms with E-state index in [0.29, 0.717) is 0 Å². The Hall–Kier alpha value is -1.49. The van der Waals surface area contributed by atoms with Gasteiger partial charge in [0.05, 0.1) is 31.0 Å². The Bertz CT molecular complexity index is 370. The summed E-state index contributed by atoms with van der Waals surface area (Å²) >= 11 is 0. The first kappa shape index (κ1) is 9.08. The van der Waals surface area contributed by atoms with Crippen molar-refractivity contribution in [3.63, 3.8) is 0 Å². The van der Waals surface area contributed by atoms with Crippen LogP contribution in [0.5, 0.6) is 0 Å². The van der Waals surface area contributed by atoms with Gasteiger partial charge < -0.3 is 10.0 Å². The van der Waals surface area contributed by atoms with Crippen LogP contribution in [-0.4, -0.2) is 28.6 Å². The lowest BCUT2D eigenvalue weighted by atomic mass is 10.3. The normalized spacial score (nSPS) is 21.7. The van der Waals surface area contributed by atoms with Crippen LogP contribution in [0.3, 0.4) is 0 Å². The topological polar surface area (TPSA) is 53.4 Å². The molecule has 74 valence electrons. The second-order valence-electron chi connectivity index (χ2n) is 3.19. The summed E-state index contributed by atoms with van der Waals surface area (Å²) in [6, 6.07) is 1.42. The lowest BCUT2D eigenvalue weighted by Crippen LogP contribution is -2.26. The summed E-state index contributed by atoms with van der Waals surface area (Å²) in [5, 5.41) is 9.22. The highest BCUT2D eigenvalue weighted by molar-refractivity contribution is 5.96. The molecule has 14 heavy (non-hydrogen) atoms. The predicted molar refractivity (Wildman–Crippen MR) is 47.2 cm³/mol. The summed E-state index contributed by atoms with van der Waals surface area (Å²) in [7, 11) is 0. The minimum atomic E-state index is -0.699. The lowest BCUT2D eigenvalue weighted by molar-refractivity contribution is -0.117. The zero-order valence-corrected chi connectivity index (χ0v) is 7.35. The summed E-state index contributed by atoms with van der Waals surface area (Å²) in [4.78, 5) is 16.1. The Morgan fingerprint density at radius 2 is 2.43 bits per heavy atom. The van der Waals surface area contributed by atoms with E-state index in [1.807, 2.05) is 0 Å². The third-order valence-corrected chi connectivity index (χ3v) is 2.15. The van der Waals surface area contributed by atoms with E-state index in [4.69, 9.17) is 0 Å². The number of nitrogens with zero attached hydrogens (tertiary/aromatic N) is 2. The number of carbonyl (C=O) groups excluding carboxylic acids is 1. The van der Waals surface area contributed by atoms with E-state index in [9.17, 15) is 14.3 Å². The van der Waals surface area contributed by atoms with Crippen LogP contribution >= 0.6 is 0 Å². The number of halogens is 1. The predicted octanol–water partition coefficient (Wildman–Crippen LogP) is 0.318. The highest BCUT2D eigenvalue weighted by Gasteiger charge is 2.30. The number of pyridine rings is 1. The van der Waals surface area contributed by atoms with Crippen molar-refractivity contribution in [2.75, 3.05) is 11.4 Å². The fourth-order valence-electron chi connectivity index (χ4n) is 1.51. The molecular weight excluding hydrogens is 187 g/mol. The number of amides is 1. The number of aliphatic hydroxyl groups is 1. The number of β-amino-alcohol motifs (C(OH)–C–C–N with tert-alkyl or cyclic N) is 1. The Morgan fingerprint density at radius 1 is 1.64 bits per heavy atom. The number of hydrogen-bond donors (Lipinski definition) is 1. The third kappa shape index (κ3) is 1.46. The molecule has 0 bridgehead atoms. The van der Waals surface area contributed by atoms with Crippen LogP contribution in [0.4, 0.5) is 10.1 Å². The molecule has 0 saturated carbocycles. The van der Waals surface area contributed by atoms with E-state index >= 15 is 0 Å². The summed E-state index contributed by atoms with van der Waals surface area (Å²) in [6.07, 6.45) is 1.82. The third-order valence-electron chi connectivity index (χ3n) is 2.15. The van der Waals surface area contributed by atoms with Gasteiger partial charge in [-0.2, -0.15) is 0 Å². The maximum absolute atomic E-state index is 13.2. The standard InChI is InChI=1S/C9H9FN2O2/c10-7-4-11-2-1-8(7)12-5-6(13)3-9(12)14/h1-2,4,6,13H,3,5H2. The number of aromatic nitrogens is 1. The molecule has 1 N–H and O–H groups in total. The molecule has 1 unspecified atom stereocenters. The molecule has 0 spiro atoms. The van der Waals surface area contributed by atoms with Gasteiger partial charge in [-0.15, -0.1) is 0 Å². The van der Waals surface area contributed by atoms with Crippen LogP contribution in [0, 0.1) is 5.82 Å². The lowest BCUT2D eigenvalue weighted by Gasteiger charge is -2.15. The van der Waals surface area contributed by atoms with Crippen molar-refractivity contribution in [3.8, 4) is 0 Å². The fraction of sp³-hybridized carbons (Fsp3) is 0.333. The van der Waals surface area contributed by atoms with E-state index in [0.717, 1.165) is 6.20 Å². The minimum absolute atomic E-state index is 0.0573. The van der Waals surface area contributed by atoms with Crippen LogP contribution in [0.15, 0.2) is 18.5 Å². The van der Waals surface area contributed by atoms with E-state index in [1.54, 1.807) is 0 Å². The molecule has 5 heteroatoms. The molecule has 1 aliphatic rings. The monoisotopic (exact) mass is 196 g/mol. The highest BCUT2D eigenvalue weighted by Crippen LogP contribution is 2.23. The van der Waals surface area contributed by atoms with Crippen molar-refractivity contribution in [2.24, 2.45) is 0 Å². The van der Waals surface area contributed by atoms with Crippen molar-refractivity contribution >= 4 is 11.6 Å². The van der Waals surface area contributed by atoms with Crippen molar-refractivity contribution in [2.45, 2.75) is 12.5 Å². The number of anilines is 1. The first-order valence-electron chi connectivity index (χ1n) is 4.26. The zero-order chi connectivity index (χ0) is 10.1. The number of carbonyl (C=O) groups is 1. The molecule has 4 nitrogen and oxygen atoms in total. The van der Waals surface area contributed by atoms with Crippen LogP contribution in [0.25, 0.3) is 0 Å². The maximum atomic E-state index is 13.2. The van der Waals surface area contributed by atoms with Crippen molar-refractivity contribution < 1.29 is 14.3 Å². The zero-order valence-electron chi connectivity index (χ0n) is 7.35. The largest absolute Gasteiger partial charge is 0.391 e. The van der Waals surface area contributed by atoms with Crippen LogP contribution in [0.1, 0.15) is 6.42 Å². The van der Waals surface area contributed by atoms with Gasteiger partial charge in [-0.25, -0.2) is 4.39 Å². The second-order valence-corrected chi connectivity index (χ2v) is 3.19. The molecule has 0 radical (unpaired) electrons. The van der Waals surface area contributed by atoms with Crippen molar-refractivity contribution in [1.82, 2.24) is 4.98 Å². The van der Waals surface area contributed by atoms with Crippen LogP contribution in [0.2, 0.25) is 0 Å². The van der Waals surface area contributed by atoms with Crippen LogP contribution in [-0.2, 0) is 4.79 Å². The molecule has 1 aliphatic heterocycles. The molecule has 1 saturated heterocycles. The second kappa shape index (κ2) is 3.34. The SMILES string of the molecule is O=C1CC(O)CN1c1ccncc1F. The van der Waals surface area contributed by atoms with Gasteiger partial charge in [-0.1, -0.05) is 0 Å². The van der Waals surface area contributed by atoms with Gasteiger partial charge >= 0.3 is 0 Å². The smallest absolute Gasteiger partial charge is 0.229 e. The molecule has 1 amide bonds.